The Morgan fingerprint density at radius 2 is 1.61 bits per heavy atom. The lowest BCUT2D eigenvalue weighted by Crippen LogP contribution is -2.51. The Kier molecular flexibility index (Phi) is 11.0. The molecule has 0 saturated carbocycles. The highest BCUT2D eigenvalue weighted by molar-refractivity contribution is 7.92. The summed E-state index contributed by atoms with van der Waals surface area (Å²) in [7, 11) is -1.52. The molecule has 41 heavy (non-hydrogen) atoms. The quantitative estimate of drug-likeness (QED) is 0.304. The maximum absolute atomic E-state index is 14.0. The zero-order valence-corrected chi connectivity index (χ0v) is 24.8. The van der Waals surface area contributed by atoms with Crippen LogP contribution in [-0.2, 0) is 26.2 Å². The van der Waals surface area contributed by atoms with Crippen LogP contribution in [-0.4, -0.2) is 58.5 Å². The molecule has 220 valence electrons. The van der Waals surface area contributed by atoms with E-state index in [0.29, 0.717) is 29.3 Å². The molecule has 3 rings (SSSR count). The maximum Gasteiger partial charge on any atom is 0.264 e. The molecule has 0 saturated heterocycles. The molecular formula is C29H33ClFN3O6S. The number of nitrogens with one attached hydrogen (secondary N) is 1. The Balaban J connectivity index is 2.05. The normalized spacial score (nSPS) is 11.9. The van der Waals surface area contributed by atoms with Gasteiger partial charge >= 0.3 is 0 Å². The SMILES string of the molecule is CCCNC(=O)[C@H](C)N(Cc1ccc(F)cc1)C(=O)CN(c1ccc(Cl)cc1)S(=O)(=O)c1ccc(OC)c(OC)c1. The van der Waals surface area contributed by atoms with E-state index in [1.807, 2.05) is 6.92 Å². The van der Waals surface area contributed by atoms with E-state index in [0.717, 1.165) is 4.31 Å². The van der Waals surface area contributed by atoms with E-state index in [2.05, 4.69) is 5.32 Å². The molecule has 1 N–H and O–H groups in total. The van der Waals surface area contributed by atoms with Gasteiger partial charge in [-0.05, 0) is 67.4 Å². The van der Waals surface area contributed by atoms with Gasteiger partial charge in [-0.25, -0.2) is 12.8 Å². The van der Waals surface area contributed by atoms with Crippen molar-refractivity contribution in [3.63, 3.8) is 0 Å². The number of ether oxygens (including phenoxy) is 2. The zero-order valence-electron chi connectivity index (χ0n) is 23.3. The van der Waals surface area contributed by atoms with Crippen molar-refractivity contribution >= 4 is 39.1 Å². The lowest BCUT2D eigenvalue weighted by atomic mass is 10.1. The lowest BCUT2D eigenvalue weighted by Gasteiger charge is -2.32. The zero-order chi connectivity index (χ0) is 30.2. The number of rotatable bonds is 13. The Morgan fingerprint density at radius 3 is 2.20 bits per heavy atom. The second kappa shape index (κ2) is 14.2. The Labute approximate surface area is 244 Å². The molecule has 3 aromatic rings. The van der Waals surface area contributed by atoms with Crippen LogP contribution in [0.3, 0.4) is 0 Å². The molecule has 0 heterocycles. The summed E-state index contributed by atoms with van der Waals surface area (Å²) in [5.41, 5.74) is 0.748. The minimum absolute atomic E-state index is 0.0509. The van der Waals surface area contributed by atoms with Crippen molar-refractivity contribution in [2.75, 3.05) is 31.6 Å². The molecule has 0 spiro atoms. The average Bonchev–Trinajstić information content (AvgIpc) is 2.97. The maximum atomic E-state index is 14.0. The molecule has 9 nitrogen and oxygen atoms in total. The Morgan fingerprint density at radius 1 is 0.976 bits per heavy atom. The molecule has 12 heteroatoms. The van der Waals surface area contributed by atoms with E-state index < -0.39 is 40.2 Å². The second-order valence-corrected chi connectivity index (χ2v) is 11.4. The Bertz CT molecular complexity index is 1450. The van der Waals surface area contributed by atoms with Gasteiger partial charge in [-0.1, -0.05) is 30.7 Å². The van der Waals surface area contributed by atoms with Gasteiger partial charge in [0.25, 0.3) is 10.0 Å². The molecule has 3 aromatic carbocycles. The van der Waals surface area contributed by atoms with Gasteiger partial charge in [-0.2, -0.15) is 0 Å². The third-order valence-corrected chi connectivity index (χ3v) is 8.34. The van der Waals surface area contributed by atoms with Crippen molar-refractivity contribution in [2.45, 2.75) is 37.8 Å². The van der Waals surface area contributed by atoms with Crippen LogP contribution in [0.5, 0.6) is 11.5 Å². The van der Waals surface area contributed by atoms with Crippen LogP contribution in [0.2, 0.25) is 5.02 Å². The highest BCUT2D eigenvalue weighted by Gasteiger charge is 2.33. The van der Waals surface area contributed by atoms with Crippen LogP contribution in [0.25, 0.3) is 0 Å². The molecule has 1 atom stereocenters. The van der Waals surface area contributed by atoms with Crippen molar-refractivity contribution < 1.29 is 31.9 Å². The molecule has 0 aliphatic rings. The minimum atomic E-state index is -4.33. The molecule has 0 aromatic heterocycles. The van der Waals surface area contributed by atoms with Gasteiger partial charge in [0, 0.05) is 24.2 Å². The number of sulfonamides is 1. The third kappa shape index (κ3) is 7.89. The number of nitrogens with zero attached hydrogens (tertiary/aromatic N) is 2. The average molecular weight is 606 g/mol. The molecule has 0 aliphatic heterocycles. The van der Waals surface area contributed by atoms with Crippen molar-refractivity contribution in [3.8, 4) is 11.5 Å². The molecular weight excluding hydrogens is 573 g/mol. The first kappa shape index (κ1) is 31.7. The first-order valence-corrected chi connectivity index (χ1v) is 14.7. The van der Waals surface area contributed by atoms with Gasteiger partial charge in [0.2, 0.25) is 11.8 Å². The molecule has 0 bridgehead atoms. The van der Waals surface area contributed by atoms with Gasteiger partial charge < -0.3 is 19.7 Å². The van der Waals surface area contributed by atoms with Crippen LogP contribution in [0.4, 0.5) is 10.1 Å². The number of anilines is 1. The molecule has 0 radical (unpaired) electrons. The van der Waals surface area contributed by atoms with Crippen molar-refractivity contribution in [3.05, 3.63) is 83.1 Å². The Hall–Kier alpha value is -3.83. The number of methoxy groups -OCH3 is 2. The second-order valence-electron chi connectivity index (χ2n) is 9.12. The van der Waals surface area contributed by atoms with E-state index >= 15 is 0 Å². The monoisotopic (exact) mass is 605 g/mol. The molecule has 0 unspecified atom stereocenters. The van der Waals surface area contributed by atoms with Gasteiger partial charge in [0.1, 0.15) is 18.4 Å². The lowest BCUT2D eigenvalue weighted by molar-refractivity contribution is -0.139. The summed E-state index contributed by atoms with van der Waals surface area (Å²) in [6.07, 6.45) is 0.693. The topological polar surface area (TPSA) is 105 Å². The van der Waals surface area contributed by atoms with Gasteiger partial charge in [0.15, 0.2) is 11.5 Å². The number of carbonyl (C=O) groups excluding carboxylic acids is 2. The van der Waals surface area contributed by atoms with Gasteiger partial charge in [-0.15, -0.1) is 0 Å². The fraction of sp³-hybridized carbons (Fsp3) is 0.310. The standard InChI is InChI=1S/C29H33ClFN3O6S/c1-5-16-32-29(36)20(2)33(18-21-6-10-23(31)11-7-21)28(35)19-34(24-12-8-22(30)9-13-24)41(37,38)25-14-15-26(39-3)27(17-25)40-4/h6-15,17,20H,5,16,18-19H2,1-4H3,(H,32,36)/t20-/m0/s1. The number of hydrogen-bond donors (Lipinski definition) is 1. The van der Waals surface area contributed by atoms with Crippen LogP contribution in [0.15, 0.2) is 71.6 Å². The fourth-order valence-electron chi connectivity index (χ4n) is 4.01. The highest BCUT2D eigenvalue weighted by atomic mass is 35.5. The van der Waals surface area contributed by atoms with Crippen molar-refractivity contribution in [1.29, 1.82) is 0 Å². The molecule has 0 aliphatic carbocycles. The number of carbonyl (C=O) groups is 2. The number of halogens is 2. The van der Waals surface area contributed by atoms with Crippen molar-refractivity contribution in [2.24, 2.45) is 0 Å². The highest BCUT2D eigenvalue weighted by Crippen LogP contribution is 2.32. The number of benzene rings is 3. The van der Waals surface area contributed by atoms with E-state index in [4.69, 9.17) is 21.1 Å². The summed E-state index contributed by atoms with van der Waals surface area (Å²) in [5, 5.41) is 3.15. The largest absolute Gasteiger partial charge is 0.493 e. The van der Waals surface area contributed by atoms with E-state index in [1.165, 1.54) is 85.8 Å². The summed E-state index contributed by atoms with van der Waals surface area (Å²) in [4.78, 5) is 27.9. The summed E-state index contributed by atoms with van der Waals surface area (Å²) in [6, 6.07) is 14.6. The summed E-state index contributed by atoms with van der Waals surface area (Å²) in [6.45, 7) is 3.18. The van der Waals surface area contributed by atoms with Crippen LogP contribution in [0.1, 0.15) is 25.8 Å². The third-order valence-electron chi connectivity index (χ3n) is 6.32. The minimum Gasteiger partial charge on any atom is -0.493 e. The fourth-order valence-corrected chi connectivity index (χ4v) is 5.56. The molecule has 0 fully saturated rings. The number of hydrogen-bond acceptors (Lipinski definition) is 6. The van der Waals surface area contributed by atoms with Crippen molar-refractivity contribution in [1.82, 2.24) is 10.2 Å². The first-order valence-electron chi connectivity index (χ1n) is 12.8. The molecule has 2 amide bonds. The van der Waals surface area contributed by atoms with Crippen LogP contribution >= 0.6 is 11.6 Å². The van der Waals surface area contributed by atoms with Gasteiger partial charge in [0.05, 0.1) is 24.8 Å². The summed E-state index contributed by atoms with van der Waals surface area (Å²) < 4.78 is 53.0. The smallest absolute Gasteiger partial charge is 0.264 e. The summed E-state index contributed by atoms with van der Waals surface area (Å²) >= 11 is 6.05. The van der Waals surface area contributed by atoms with Crippen LogP contribution in [0, 0.1) is 5.82 Å². The van der Waals surface area contributed by atoms with E-state index in [1.54, 1.807) is 6.92 Å². The van der Waals surface area contributed by atoms with Gasteiger partial charge in [-0.3, -0.25) is 13.9 Å². The first-order chi connectivity index (χ1) is 19.5. The number of amides is 2. The predicted octanol–water partition coefficient (Wildman–Crippen LogP) is 4.64. The van der Waals surface area contributed by atoms with E-state index in [-0.39, 0.29) is 22.9 Å². The van der Waals surface area contributed by atoms with E-state index in [9.17, 15) is 22.4 Å². The predicted molar refractivity (Wildman–Crippen MR) is 155 cm³/mol. The van der Waals surface area contributed by atoms with Crippen LogP contribution < -0.4 is 19.1 Å². The summed E-state index contributed by atoms with van der Waals surface area (Å²) in [5.74, 6) is -0.973.